The van der Waals surface area contributed by atoms with E-state index < -0.39 is 5.97 Å². The standard InChI is InChI=1S/C12H12BrN3O4S/c13-7-5-8(21-6-7)12-15-10(20-16-12)2-1-9(17)14-4-3-11(18)19/h5-6H,1-4H2,(H,14,17)(H,18,19). The predicted octanol–water partition coefficient (Wildman–Crippen LogP) is 2.08. The van der Waals surface area contributed by atoms with Gasteiger partial charge in [0.2, 0.25) is 17.6 Å². The van der Waals surface area contributed by atoms with Gasteiger partial charge in [0.15, 0.2) is 0 Å². The highest BCUT2D eigenvalue weighted by Crippen LogP contribution is 2.27. The maximum atomic E-state index is 11.5. The molecule has 0 fully saturated rings. The number of thiophene rings is 1. The third-order valence-corrected chi connectivity index (χ3v) is 4.17. The molecule has 2 heterocycles. The van der Waals surface area contributed by atoms with Gasteiger partial charge >= 0.3 is 5.97 Å². The number of aliphatic carboxylic acids is 1. The monoisotopic (exact) mass is 373 g/mol. The molecule has 0 saturated carbocycles. The second-order valence-electron chi connectivity index (χ2n) is 4.13. The summed E-state index contributed by atoms with van der Waals surface area (Å²) in [5.74, 6) is -0.316. The van der Waals surface area contributed by atoms with Crippen molar-refractivity contribution < 1.29 is 19.2 Å². The van der Waals surface area contributed by atoms with Gasteiger partial charge in [-0.05, 0) is 22.0 Å². The Morgan fingerprint density at radius 3 is 2.90 bits per heavy atom. The molecule has 0 spiro atoms. The third kappa shape index (κ3) is 4.94. The Bertz CT molecular complexity index is 640. The molecule has 1 amide bonds. The number of aromatic nitrogens is 2. The molecule has 9 heteroatoms. The van der Waals surface area contributed by atoms with E-state index >= 15 is 0 Å². The van der Waals surface area contributed by atoms with E-state index in [1.807, 2.05) is 11.4 Å². The zero-order valence-corrected chi connectivity index (χ0v) is 13.2. The van der Waals surface area contributed by atoms with E-state index in [0.29, 0.717) is 18.1 Å². The summed E-state index contributed by atoms with van der Waals surface area (Å²) in [6.07, 6.45) is 0.400. The van der Waals surface area contributed by atoms with Crippen LogP contribution in [-0.4, -0.2) is 33.7 Å². The van der Waals surface area contributed by atoms with Crippen LogP contribution in [0, 0.1) is 0 Å². The van der Waals surface area contributed by atoms with Crippen LogP contribution in [0.2, 0.25) is 0 Å². The number of carbonyl (C=O) groups is 2. The molecule has 2 N–H and O–H groups in total. The topological polar surface area (TPSA) is 105 Å². The second-order valence-corrected chi connectivity index (χ2v) is 5.96. The smallest absolute Gasteiger partial charge is 0.305 e. The van der Waals surface area contributed by atoms with Gasteiger partial charge in [-0.3, -0.25) is 9.59 Å². The Morgan fingerprint density at radius 2 is 2.24 bits per heavy atom. The van der Waals surface area contributed by atoms with Crippen LogP contribution in [0.3, 0.4) is 0 Å². The van der Waals surface area contributed by atoms with Crippen molar-refractivity contribution in [3.05, 3.63) is 21.8 Å². The number of aryl methyl sites for hydroxylation is 1. The summed E-state index contributed by atoms with van der Waals surface area (Å²) in [4.78, 5) is 26.9. The molecule has 0 aliphatic carbocycles. The summed E-state index contributed by atoms with van der Waals surface area (Å²) >= 11 is 4.84. The first-order valence-electron chi connectivity index (χ1n) is 6.10. The minimum absolute atomic E-state index is 0.0936. The van der Waals surface area contributed by atoms with E-state index in [-0.39, 0.29) is 25.3 Å². The van der Waals surface area contributed by atoms with Crippen molar-refractivity contribution in [2.75, 3.05) is 6.54 Å². The Kier molecular flexibility index (Phi) is 5.45. The molecule has 0 aromatic carbocycles. The molecule has 0 radical (unpaired) electrons. The summed E-state index contributed by atoms with van der Waals surface area (Å²) in [6, 6.07) is 1.89. The molecule has 7 nitrogen and oxygen atoms in total. The lowest BCUT2D eigenvalue weighted by atomic mass is 10.3. The number of carboxylic acids is 1. The van der Waals surface area contributed by atoms with Crippen molar-refractivity contribution >= 4 is 39.1 Å². The number of halogens is 1. The van der Waals surface area contributed by atoms with Crippen LogP contribution < -0.4 is 5.32 Å². The Hall–Kier alpha value is -1.74. The zero-order valence-electron chi connectivity index (χ0n) is 10.8. The SMILES string of the molecule is O=C(O)CCNC(=O)CCc1nc(-c2cc(Br)cs2)no1. The van der Waals surface area contributed by atoms with E-state index in [4.69, 9.17) is 9.63 Å². The van der Waals surface area contributed by atoms with Crippen LogP contribution in [-0.2, 0) is 16.0 Å². The van der Waals surface area contributed by atoms with Gasteiger partial charge in [0.05, 0.1) is 11.3 Å². The van der Waals surface area contributed by atoms with Gasteiger partial charge in [-0.2, -0.15) is 4.98 Å². The normalized spacial score (nSPS) is 10.5. The first-order valence-corrected chi connectivity index (χ1v) is 7.77. The molecule has 0 aliphatic heterocycles. The van der Waals surface area contributed by atoms with Crippen LogP contribution >= 0.6 is 27.3 Å². The highest BCUT2D eigenvalue weighted by molar-refractivity contribution is 9.10. The fourth-order valence-electron chi connectivity index (χ4n) is 1.50. The summed E-state index contributed by atoms with van der Waals surface area (Å²) in [6.45, 7) is 0.118. The lowest BCUT2D eigenvalue weighted by molar-refractivity contribution is -0.136. The first kappa shape index (κ1) is 15.6. The fourth-order valence-corrected chi connectivity index (χ4v) is 2.86. The van der Waals surface area contributed by atoms with Gasteiger partial charge in [-0.1, -0.05) is 5.16 Å². The number of hydrogen-bond donors (Lipinski definition) is 2. The number of carbonyl (C=O) groups excluding carboxylic acids is 1. The molecule has 0 bridgehead atoms. The van der Waals surface area contributed by atoms with Crippen molar-refractivity contribution in [1.29, 1.82) is 0 Å². The van der Waals surface area contributed by atoms with E-state index in [1.54, 1.807) is 0 Å². The predicted molar refractivity (Wildman–Crippen MR) is 78.9 cm³/mol. The van der Waals surface area contributed by atoms with Gasteiger partial charge in [0, 0.05) is 29.2 Å². The van der Waals surface area contributed by atoms with E-state index in [1.165, 1.54) is 11.3 Å². The molecule has 0 atom stereocenters. The minimum Gasteiger partial charge on any atom is -0.481 e. The number of rotatable bonds is 7. The van der Waals surface area contributed by atoms with Crippen LogP contribution in [0.5, 0.6) is 0 Å². The molecule has 0 saturated heterocycles. The molecule has 2 rings (SSSR count). The summed E-state index contributed by atoms with van der Waals surface area (Å²) in [5.41, 5.74) is 0. The molecule has 2 aromatic rings. The molecule has 2 aromatic heterocycles. The van der Waals surface area contributed by atoms with Gasteiger partial charge in [-0.15, -0.1) is 11.3 Å². The lowest BCUT2D eigenvalue weighted by Gasteiger charge is -2.00. The minimum atomic E-state index is -0.945. The van der Waals surface area contributed by atoms with Crippen molar-refractivity contribution in [2.45, 2.75) is 19.3 Å². The molecule has 0 unspecified atom stereocenters. The molecule has 21 heavy (non-hydrogen) atoms. The van der Waals surface area contributed by atoms with Crippen molar-refractivity contribution in [2.24, 2.45) is 0 Å². The summed E-state index contributed by atoms with van der Waals surface area (Å²) < 4.78 is 6.03. The molecular formula is C12H12BrN3O4S. The number of nitrogens with one attached hydrogen (secondary N) is 1. The summed E-state index contributed by atoms with van der Waals surface area (Å²) in [5, 5.41) is 16.7. The quantitative estimate of drug-likeness (QED) is 0.769. The lowest BCUT2D eigenvalue weighted by Crippen LogP contribution is -2.26. The average Bonchev–Trinajstić information content (AvgIpc) is 3.04. The zero-order chi connectivity index (χ0) is 15.2. The Morgan fingerprint density at radius 1 is 1.43 bits per heavy atom. The Balaban J connectivity index is 1.80. The Labute approximate surface area is 132 Å². The van der Waals surface area contributed by atoms with Crippen molar-refractivity contribution in [3.63, 3.8) is 0 Å². The van der Waals surface area contributed by atoms with Gasteiger partial charge in [0.25, 0.3) is 0 Å². The van der Waals surface area contributed by atoms with Gasteiger partial charge in [-0.25, -0.2) is 0 Å². The summed E-state index contributed by atoms with van der Waals surface area (Å²) in [7, 11) is 0. The molecule has 112 valence electrons. The molecular weight excluding hydrogens is 362 g/mol. The van der Waals surface area contributed by atoms with Crippen LogP contribution in [0.1, 0.15) is 18.7 Å². The number of hydrogen-bond acceptors (Lipinski definition) is 6. The fraction of sp³-hybridized carbons (Fsp3) is 0.333. The average molecular weight is 374 g/mol. The largest absolute Gasteiger partial charge is 0.481 e. The van der Waals surface area contributed by atoms with Crippen LogP contribution in [0.15, 0.2) is 20.4 Å². The number of carboxylic acid groups (broad SMARTS) is 1. The maximum Gasteiger partial charge on any atom is 0.305 e. The van der Waals surface area contributed by atoms with Gasteiger partial charge in [0.1, 0.15) is 0 Å². The molecule has 0 aliphatic rings. The van der Waals surface area contributed by atoms with Crippen molar-refractivity contribution in [1.82, 2.24) is 15.5 Å². The maximum absolute atomic E-state index is 11.5. The van der Waals surface area contributed by atoms with Crippen molar-refractivity contribution in [3.8, 4) is 10.7 Å². The van der Waals surface area contributed by atoms with E-state index in [9.17, 15) is 9.59 Å². The second kappa shape index (κ2) is 7.32. The third-order valence-electron chi connectivity index (χ3n) is 2.48. The first-order chi connectivity index (χ1) is 10.0. The highest BCUT2D eigenvalue weighted by Gasteiger charge is 2.12. The van der Waals surface area contributed by atoms with E-state index in [2.05, 4.69) is 31.4 Å². The van der Waals surface area contributed by atoms with E-state index in [0.717, 1.165) is 9.35 Å². The van der Waals surface area contributed by atoms with Gasteiger partial charge < -0.3 is 14.9 Å². The number of amides is 1. The highest BCUT2D eigenvalue weighted by atomic mass is 79.9. The van der Waals surface area contributed by atoms with Crippen LogP contribution in [0.25, 0.3) is 10.7 Å². The van der Waals surface area contributed by atoms with Crippen LogP contribution in [0.4, 0.5) is 0 Å². The number of nitrogens with zero attached hydrogens (tertiary/aromatic N) is 2.